The summed E-state index contributed by atoms with van der Waals surface area (Å²) in [5.74, 6) is -0.758. The lowest BCUT2D eigenvalue weighted by molar-refractivity contribution is -0.134. The molecule has 1 heterocycles. The maximum absolute atomic E-state index is 12.7. The molecule has 0 radical (unpaired) electrons. The average Bonchev–Trinajstić information content (AvgIpc) is 2.61. The molecule has 0 fully saturated rings. The van der Waals surface area contributed by atoms with Crippen LogP contribution in [0.2, 0.25) is 0 Å². The monoisotopic (exact) mass is 337 g/mol. The third kappa shape index (κ3) is 3.73. The van der Waals surface area contributed by atoms with E-state index in [4.69, 9.17) is 4.74 Å². The highest BCUT2D eigenvalue weighted by Gasteiger charge is 2.42. The van der Waals surface area contributed by atoms with Gasteiger partial charge in [-0.2, -0.15) is 0 Å². The van der Waals surface area contributed by atoms with Gasteiger partial charge >= 0.3 is 5.97 Å². The Morgan fingerprint density at radius 2 is 1.88 bits per heavy atom. The lowest BCUT2D eigenvalue weighted by Gasteiger charge is -2.33. The maximum Gasteiger partial charge on any atom is 0.339 e. The zero-order valence-electron chi connectivity index (χ0n) is 14.7. The number of aryl methyl sites for hydroxylation is 1. The SMILES string of the molecule is CCCCc1ccc(NC(=O)[C@@]2(C)Cc3ccccc3C(=O)O2)cc1. The standard InChI is InChI=1S/C21H23NO3/c1-3-4-7-15-10-12-17(13-11-15)22-20(24)21(2)14-16-8-5-6-9-18(16)19(23)25-21/h5-6,8-13H,3-4,7,14H2,1-2H3,(H,22,24)/t21-/m1/s1. The van der Waals surface area contributed by atoms with Crippen molar-refractivity contribution in [3.63, 3.8) is 0 Å². The van der Waals surface area contributed by atoms with Crippen LogP contribution in [-0.4, -0.2) is 17.5 Å². The molecule has 2 aromatic carbocycles. The van der Waals surface area contributed by atoms with E-state index in [0.717, 1.165) is 24.8 Å². The second-order valence-corrected chi connectivity index (χ2v) is 6.71. The number of benzene rings is 2. The van der Waals surface area contributed by atoms with E-state index in [1.807, 2.05) is 36.4 Å². The number of carbonyl (C=O) groups excluding carboxylic acids is 2. The maximum atomic E-state index is 12.7. The molecule has 0 unspecified atom stereocenters. The van der Waals surface area contributed by atoms with Crippen LogP contribution in [0.4, 0.5) is 5.69 Å². The van der Waals surface area contributed by atoms with E-state index >= 15 is 0 Å². The highest BCUT2D eigenvalue weighted by Crippen LogP contribution is 2.29. The van der Waals surface area contributed by atoms with Gasteiger partial charge in [-0.3, -0.25) is 4.79 Å². The Labute approximate surface area is 148 Å². The van der Waals surface area contributed by atoms with Gasteiger partial charge < -0.3 is 10.1 Å². The van der Waals surface area contributed by atoms with Crippen LogP contribution in [-0.2, 0) is 22.4 Å². The van der Waals surface area contributed by atoms with E-state index in [-0.39, 0.29) is 5.91 Å². The fraction of sp³-hybridized carbons (Fsp3) is 0.333. The van der Waals surface area contributed by atoms with Crippen molar-refractivity contribution in [3.05, 3.63) is 65.2 Å². The first-order valence-electron chi connectivity index (χ1n) is 8.73. The largest absolute Gasteiger partial charge is 0.445 e. The van der Waals surface area contributed by atoms with E-state index < -0.39 is 11.6 Å². The normalized spacial score (nSPS) is 19.0. The molecule has 130 valence electrons. The third-order valence-corrected chi connectivity index (χ3v) is 4.59. The smallest absolute Gasteiger partial charge is 0.339 e. The fourth-order valence-corrected chi connectivity index (χ4v) is 3.06. The number of anilines is 1. The van der Waals surface area contributed by atoms with Gasteiger partial charge in [-0.25, -0.2) is 4.79 Å². The molecule has 1 aliphatic rings. The first kappa shape index (κ1) is 17.2. The van der Waals surface area contributed by atoms with Crippen molar-refractivity contribution >= 4 is 17.6 Å². The molecule has 25 heavy (non-hydrogen) atoms. The number of fused-ring (bicyclic) bond motifs is 1. The number of ether oxygens (including phenoxy) is 1. The van der Waals surface area contributed by atoms with Crippen LogP contribution in [0.5, 0.6) is 0 Å². The van der Waals surface area contributed by atoms with E-state index in [9.17, 15) is 9.59 Å². The third-order valence-electron chi connectivity index (χ3n) is 4.59. The summed E-state index contributed by atoms with van der Waals surface area (Å²) in [6, 6.07) is 15.1. The van der Waals surface area contributed by atoms with Gasteiger partial charge in [-0.15, -0.1) is 0 Å². The summed E-state index contributed by atoms with van der Waals surface area (Å²) in [6.07, 6.45) is 3.72. The average molecular weight is 337 g/mol. The molecule has 0 aromatic heterocycles. The molecular weight excluding hydrogens is 314 g/mol. The number of hydrogen-bond acceptors (Lipinski definition) is 3. The Bertz CT molecular complexity index is 782. The van der Waals surface area contributed by atoms with Crippen molar-refractivity contribution < 1.29 is 14.3 Å². The number of rotatable bonds is 5. The highest BCUT2D eigenvalue weighted by molar-refractivity contribution is 6.02. The Hall–Kier alpha value is -2.62. The zero-order chi connectivity index (χ0) is 17.9. The molecule has 0 saturated heterocycles. The van der Waals surface area contributed by atoms with Crippen LogP contribution in [0, 0.1) is 0 Å². The summed E-state index contributed by atoms with van der Waals surface area (Å²) in [5, 5.41) is 2.87. The number of unbranched alkanes of at least 4 members (excludes halogenated alkanes) is 1. The molecule has 4 nitrogen and oxygen atoms in total. The predicted molar refractivity (Wildman–Crippen MR) is 97.7 cm³/mol. The minimum atomic E-state index is -1.20. The van der Waals surface area contributed by atoms with Crippen LogP contribution in [0.15, 0.2) is 48.5 Å². The number of cyclic esters (lactones) is 1. The number of hydrogen-bond donors (Lipinski definition) is 1. The van der Waals surface area contributed by atoms with Gasteiger partial charge in [0.1, 0.15) is 0 Å². The predicted octanol–water partition coefficient (Wildman–Crippen LogP) is 4.14. The second-order valence-electron chi connectivity index (χ2n) is 6.71. The molecule has 0 bridgehead atoms. The van der Waals surface area contributed by atoms with Crippen molar-refractivity contribution in [2.45, 2.75) is 45.1 Å². The van der Waals surface area contributed by atoms with E-state index in [0.29, 0.717) is 17.7 Å². The Kier molecular flexibility index (Phi) is 4.88. The van der Waals surface area contributed by atoms with Crippen molar-refractivity contribution in [1.82, 2.24) is 0 Å². The molecule has 3 rings (SSSR count). The lowest BCUT2D eigenvalue weighted by atomic mass is 9.89. The molecule has 0 saturated carbocycles. The molecule has 1 N–H and O–H groups in total. The molecule has 0 spiro atoms. The Morgan fingerprint density at radius 1 is 1.16 bits per heavy atom. The fourth-order valence-electron chi connectivity index (χ4n) is 3.06. The minimum absolute atomic E-state index is 0.309. The summed E-state index contributed by atoms with van der Waals surface area (Å²) in [7, 11) is 0. The molecule has 1 aliphatic heterocycles. The molecular formula is C21H23NO3. The molecule has 1 amide bonds. The summed E-state index contributed by atoms with van der Waals surface area (Å²) in [5.41, 5.74) is 2.14. The lowest BCUT2D eigenvalue weighted by Crippen LogP contribution is -2.48. The topological polar surface area (TPSA) is 55.4 Å². The zero-order valence-corrected chi connectivity index (χ0v) is 14.7. The van der Waals surface area contributed by atoms with E-state index in [1.165, 1.54) is 5.56 Å². The van der Waals surface area contributed by atoms with Crippen LogP contribution in [0.25, 0.3) is 0 Å². The first-order chi connectivity index (χ1) is 12.0. The van der Waals surface area contributed by atoms with Crippen LogP contribution in [0.3, 0.4) is 0 Å². The number of amides is 1. The number of carbonyl (C=O) groups is 2. The summed E-state index contributed by atoms with van der Waals surface area (Å²) >= 11 is 0. The van der Waals surface area contributed by atoms with Gasteiger partial charge in [-0.05, 0) is 49.1 Å². The Balaban J connectivity index is 1.72. The molecule has 0 aliphatic carbocycles. The second kappa shape index (κ2) is 7.09. The van der Waals surface area contributed by atoms with Crippen molar-refractivity contribution in [3.8, 4) is 0 Å². The summed E-state index contributed by atoms with van der Waals surface area (Å²) < 4.78 is 5.46. The van der Waals surface area contributed by atoms with Gasteiger partial charge in [-0.1, -0.05) is 43.7 Å². The van der Waals surface area contributed by atoms with Gasteiger partial charge in [0, 0.05) is 12.1 Å². The summed E-state index contributed by atoms with van der Waals surface area (Å²) in [4.78, 5) is 24.9. The number of nitrogens with one attached hydrogen (secondary N) is 1. The first-order valence-corrected chi connectivity index (χ1v) is 8.73. The van der Waals surface area contributed by atoms with Gasteiger partial charge in [0.2, 0.25) is 0 Å². The van der Waals surface area contributed by atoms with E-state index in [2.05, 4.69) is 12.2 Å². The molecule has 2 aromatic rings. The van der Waals surface area contributed by atoms with Crippen molar-refractivity contribution in [1.29, 1.82) is 0 Å². The quantitative estimate of drug-likeness (QED) is 0.834. The number of esters is 1. The van der Waals surface area contributed by atoms with Gasteiger partial charge in [0.25, 0.3) is 5.91 Å². The summed E-state index contributed by atoms with van der Waals surface area (Å²) in [6.45, 7) is 3.82. The molecule has 4 heteroatoms. The highest BCUT2D eigenvalue weighted by atomic mass is 16.6. The van der Waals surface area contributed by atoms with Crippen molar-refractivity contribution in [2.75, 3.05) is 5.32 Å². The van der Waals surface area contributed by atoms with Gasteiger partial charge in [0.15, 0.2) is 5.60 Å². The van der Waals surface area contributed by atoms with Gasteiger partial charge in [0.05, 0.1) is 5.56 Å². The van der Waals surface area contributed by atoms with Crippen LogP contribution < -0.4 is 5.32 Å². The molecule has 1 atom stereocenters. The van der Waals surface area contributed by atoms with E-state index in [1.54, 1.807) is 19.1 Å². The van der Waals surface area contributed by atoms with Crippen molar-refractivity contribution in [2.24, 2.45) is 0 Å². The minimum Gasteiger partial charge on any atom is -0.445 e. The van der Waals surface area contributed by atoms with Crippen LogP contribution >= 0.6 is 0 Å². The van der Waals surface area contributed by atoms with Crippen LogP contribution in [0.1, 0.15) is 48.2 Å². The Morgan fingerprint density at radius 3 is 2.60 bits per heavy atom.